The third-order valence-corrected chi connectivity index (χ3v) is 2.93. The molecule has 0 bridgehead atoms. The lowest BCUT2D eigenvalue weighted by Gasteiger charge is -2.07. The first-order valence-electron chi connectivity index (χ1n) is 5.45. The van der Waals surface area contributed by atoms with Crippen LogP contribution >= 0.6 is 12.2 Å². The Morgan fingerprint density at radius 2 is 2.24 bits per heavy atom. The molecule has 0 saturated heterocycles. The topological polar surface area (TPSA) is 55.1 Å². The lowest BCUT2D eigenvalue weighted by molar-refractivity contribution is -0.116. The summed E-state index contributed by atoms with van der Waals surface area (Å²) in [6.45, 7) is 0. The fraction of sp³-hybridized carbons (Fsp3) is 0.333. The predicted molar refractivity (Wildman–Crippen MR) is 68.3 cm³/mol. The predicted octanol–water partition coefficient (Wildman–Crippen LogP) is 2.20. The highest BCUT2D eigenvalue weighted by atomic mass is 32.1. The molecule has 3 nitrogen and oxygen atoms in total. The lowest BCUT2D eigenvalue weighted by Crippen LogP contribution is -2.14. The van der Waals surface area contributed by atoms with E-state index in [1.807, 2.05) is 0 Å². The average molecular weight is 252 g/mol. The number of benzene rings is 1. The van der Waals surface area contributed by atoms with Crippen molar-refractivity contribution in [2.45, 2.75) is 19.3 Å². The molecule has 5 heteroatoms. The van der Waals surface area contributed by atoms with Gasteiger partial charge in [-0.2, -0.15) is 0 Å². The molecule has 0 atom stereocenters. The highest BCUT2D eigenvalue weighted by molar-refractivity contribution is 7.80. The number of rotatable bonds is 4. The fourth-order valence-electron chi connectivity index (χ4n) is 1.56. The van der Waals surface area contributed by atoms with E-state index >= 15 is 0 Å². The van der Waals surface area contributed by atoms with Gasteiger partial charge in [-0.15, -0.1) is 0 Å². The molecular weight excluding hydrogens is 239 g/mol. The Balaban J connectivity index is 2.04. The summed E-state index contributed by atoms with van der Waals surface area (Å²) in [6.07, 6.45) is 2.66. The first kappa shape index (κ1) is 12.0. The summed E-state index contributed by atoms with van der Waals surface area (Å²) < 4.78 is 13.6. The molecular formula is C12H13FN2OS. The van der Waals surface area contributed by atoms with E-state index in [2.05, 4.69) is 5.32 Å². The van der Waals surface area contributed by atoms with Crippen molar-refractivity contribution in [1.82, 2.24) is 0 Å². The maximum absolute atomic E-state index is 13.6. The number of carbonyl (C=O) groups excluding carboxylic acids is 1. The summed E-state index contributed by atoms with van der Waals surface area (Å²) in [4.78, 5) is 11.6. The minimum atomic E-state index is -0.514. The zero-order valence-electron chi connectivity index (χ0n) is 9.20. The van der Waals surface area contributed by atoms with Crippen LogP contribution < -0.4 is 11.1 Å². The first-order chi connectivity index (χ1) is 8.06. The molecule has 1 aromatic carbocycles. The van der Waals surface area contributed by atoms with Crippen LogP contribution in [-0.4, -0.2) is 10.9 Å². The molecule has 1 fully saturated rings. The Labute approximate surface area is 104 Å². The van der Waals surface area contributed by atoms with Gasteiger partial charge in [-0.3, -0.25) is 4.79 Å². The van der Waals surface area contributed by atoms with E-state index in [0.29, 0.717) is 17.9 Å². The monoisotopic (exact) mass is 252 g/mol. The van der Waals surface area contributed by atoms with Crippen LogP contribution in [0.2, 0.25) is 0 Å². The van der Waals surface area contributed by atoms with Gasteiger partial charge in [0.1, 0.15) is 10.8 Å². The molecule has 1 aromatic rings. The number of thiocarbonyl (C=S) groups is 1. The van der Waals surface area contributed by atoms with Gasteiger partial charge >= 0.3 is 0 Å². The first-order valence-corrected chi connectivity index (χ1v) is 5.86. The van der Waals surface area contributed by atoms with Crippen LogP contribution in [0.25, 0.3) is 0 Å². The maximum Gasteiger partial charge on any atom is 0.224 e. The standard InChI is InChI=1S/C12H13FN2OS/c13-9-6-8(12(14)17)3-4-10(9)15-11(16)5-7-1-2-7/h3-4,6-7H,1-2,5H2,(H2,14,17)(H,15,16). The van der Waals surface area contributed by atoms with Crippen molar-refractivity contribution in [2.24, 2.45) is 11.7 Å². The maximum atomic E-state index is 13.6. The Bertz CT molecular complexity index is 472. The number of anilines is 1. The Morgan fingerprint density at radius 1 is 1.53 bits per heavy atom. The average Bonchev–Trinajstić information content (AvgIpc) is 3.04. The zero-order chi connectivity index (χ0) is 12.4. The van der Waals surface area contributed by atoms with Gasteiger partial charge in [-0.1, -0.05) is 12.2 Å². The van der Waals surface area contributed by atoms with Crippen molar-refractivity contribution in [2.75, 3.05) is 5.32 Å². The van der Waals surface area contributed by atoms with E-state index in [-0.39, 0.29) is 16.6 Å². The van der Waals surface area contributed by atoms with E-state index in [1.165, 1.54) is 12.1 Å². The molecule has 3 N–H and O–H groups in total. The van der Waals surface area contributed by atoms with E-state index in [4.69, 9.17) is 18.0 Å². The van der Waals surface area contributed by atoms with Gasteiger partial charge in [-0.05, 0) is 37.0 Å². The third-order valence-electron chi connectivity index (χ3n) is 2.70. The number of nitrogens with two attached hydrogens (primary N) is 1. The second-order valence-electron chi connectivity index (χ2n) is 4.25. The van der Waals surface area contributed by atoms with Gasteiger partial charge in [0, 0.05) is 12.0 Å². The van der Waals surface area contributed by atoms with Gasteiger partial charge in [0.2, 0.25) is 5.91 Å². The third kappa shape index (κ3) is 3.23. The van der Waals surface area contributed by atoms with Crippen LogP contribution in [0.1, 0.15) is 24.8 Å². The Morgan fingerprint density at radius 3 is 2.76 bits per heavy atom. The van der Waals surface area contributed by atoms with Gasteiger partial charge in [0.15, 0.2) is 0 Å². The van der Waals surface area contributed by atoms with Gasteiger partial charge in [0.25, 0.3) is 0 Å². The van der Waals surface area contributed by atoms with E-state index in [0.717, 1.165) is 12.8 Å². The summed E-state index contributed by atoms with van der Waals surface area (Å²) in [5.74, 6) is -0.178. The highest BCUT2D eigenvalue weighted by Gasteiger charge is 2.24. The highest BCUT2D eigenvalue weighted by Crippen LogP contribution is 2.32. The molecule has 1 aliphatic carbocycles. The number of hydrogen-bond donors (Lipinski definition) is 2. The SMILES string of the molecule is NC(=S)c1ccc(NC(=O)CC2CC2)c(F)c1. The number of hydrogen-bond acceptors (Lipinski definition) is 2. The molecule has 90 valence electrons. The second-order valence-corrected chi connectivity index (χ2v) is 4.69. The van der Waals surface area contributed by atoms with Crippen LogP contribution in [0.3, 0.4) is 0 Å². The zero-order valence-corrected chi connectivity index (χ0v) is 10.0. The molecule has 0 unspecified atom stereocenters. The van der Waals surface area contributed by atoms with E-state index in [1.54, 1.807) is 6.07 Å². The second kappa shape index (κ2) is 4.79. The molecule has 1 amide bonds. The Hall–Kier alpha value is -1.49. The minimum absolute atomic E-state index is 0.139. The van der Waals surface area contributed by atoms with Crippen molar-refractivity contribution in [1.29, 1.82) is 0 Å². The largest absolute Gasteiger partial charge is 0.389 e. The quantitative estimate of drug-likeness (QED) is 0.808. The van der Waals surface area contributed by atoms with E-state index in [9.17, 15) is 9.18 Å². The van der Waals surface area contributed by atoms with E-state index < -0.39 is 5.82 Å². The smallest absolute Gasteiger partial charge is 0.224 e. The van der Waals surface area contributed by atoms with Crippen molar-refractivity contribution in [3.8, 4) is 0 Å². The minimum Gasteiger partial charge on any atom is -0.389 e. The summed E-state index contributed by atoms with van der Waals surface area (Å²) in [7, 11) is 0. The number of carbonyl (C=O) groups is 1. The van der Waals surface area contributed by atoms with Crippen LogP contribution in [0.15, 0.2) is 18.2 Å². The van der Waals surface area contributed by atoms with Crippen molar-refractivity contribution in [3.05, 3.63) is 29.6 Å². The molecule has 17 heavy (non-hydrogen) atoms. The summed E-state index contributed by atoms with van der Waals surface area (Å²) in [5, 5.41) is 2.55. The lowest BCUT2D eigenvalue weighted by atomic mass is 10.2. The van der Waals surface area contributed by atoms with Crippen LogP contribution in [0.4, 0.5) is 10.1 Å². The number of amides is 1. The summed E-state index contributed by atoms with van der Waals surface area (Å²) >= 11 is 4.74. The van der Waals surface area contributed by atoms with Crippen LogP contribution in [-0.2, 0) is 4.79 Å². The Kier molecular flexibility index (Phi) is 3.38. The molecule has 0 aromatic heterocycles. The van der Waals surface area contributed by atoms with Gasteiger partial charge in [-0.25, -0.2) is 4.39 Å². The van der Waals surface area contributed by atoms with Crippen LogP contribution in [0, 0.1) is 11.7 Å². The normalized spacial score (nSPS) is 14.4. The van der Waals surface area contributed by atoms with Crippen molar-refractivity contribution < 1.29 is 9.18 Å². The molecule has 2 rings (SSSR count). The molecule has 0 spiro atoms. The van der Waals surface area contributed by atoms with Crippen molar-refractivity contribution in [3.63, 3.8) is 0 Å². The molecule has 0 radical (unpaired) electrons. The fourth-order valence-corrected chi connectivity index (χ4v) is 1.68. The molecule has 1 saturated carbocycles. The van der Waals surface area contributed by atoms with Crippen LogP contribution in [0.5, 0.6) is 0 Å². The van der Waals surface area contributed by atoms with Crippen molar-refractivity contribution >= 4 is 28.8 Å². The van der Waals surface area contributed by atoms with Gasteiger partial charge in [0.05, 0.1) is 5.69 Å². The molecule has 0 heterocycles. The number of nitrogens with one attached hydrogen (secondary N) is 1. The summed E-state index contributed by atoms with van der Waals surface area (Å²) in [6, 6.07) is 4.31. The summed E-state index contributed by atoms with van der Waals surface area (Å²) in [5.41, 5.74) is 6.02. The molecule has 1 aliphatic rings. The molecule has 0 aliphatic heterocycles. The van der Waals surface area contributed by atoms with Gasteiger partial charge < -0.3 is 11.1 Å². The number of halogens is 1.